The molecule has 0 aliphatic heterocycles. The molecule has 0 bridgehead atoms. The topological polar surface area (TPSA) is 9.23 Å². The van der Waals surface area contributed by atoms with Crippen molar-refractivity contribution in [2.75, 3.05) is 13.2 Å². The van der Waals surface area contributed by atoms with Gasteiger partial charge in [0.15, 0.2) is 0 Å². The third-order valence-electron chi connectivity index (χ3n) is 9.22. The zero-order chi connectivity index (χ0) is 30.2. The van der Waals surface area contributed by atoms with Crippen molar-refractivity contribution in [3.63, 3.8) is 0 Å². The molecular formula is C40H82O. The van der Waals surface area contributed by atoms with Gasteiger partial charge >= 0.3 is 0 Å². The molecule has 1 heteroatoms. The standard InChI is InChI=1S/C40H82O/c1-37(2)35-39(5)31-27-23-19-15-11-7-9-13-17-21-25-29-33-41-34-30-26-22-18-14-10-8-12-16-20-24-28-32-40(6)36-38(3)4/h37-40H,7-36H2,1-6H3. The van der Waals surface area contributed by atoms with Crippen molar-refractivity contribution < 1.29 is 4.74 Å². The highest BCUT2D eigenvalue weighted by Gasteiger charge is 2.05. The van der Waals surface area contributed by atoms with E-state index in [2.05, 4.69) is 41.5 Å². The summed E-state index contributed by atoms with van der Waals surface area (Å²) in [6.07, 6.45) is 40.1. The smallest absolute Gasteiger partial charge is 0.0466 e. The lowest BCUT2D eigenvalue weighted by Gasteiger charge is -2.13. The minimum Gasteiger partial charge on any atom is -0.381 e. The van der Waals surface area contributed by atoms with Crippen LogP contribution in [0.5, 0.6) is 0 Å². The van der Waals surface area contributed by atoms with Gasteiger partial charge in [-0.15, -0.1) is 0 Å². The molecule has 2 unspecified atom stereocenters. The first-order valence-corrected chi connectivity index (χ1v) is 19.5. The molecule has 0 aromatic heterocycles. The van der Waals surface area contributed by atoms with Crippen molar-refractivity contribution >= 4 is 0 Å². The average molecular weight is 579 g/mol. The number of rotatable bonds is 34. The van der Waals surface area contributed by atoms with Gasteiger partial charge in [0.25, 0.3) is 0 Å². The highest BCUT2D eigenvalue weighted by molar-refractivity contribution is 4.58. The van der Waals surface area contributed by atoms with E-state index in [1.807, 2.05) is 0 Å². The molecule has 0 fully saturated rings. The van der Waals surface area contributed by atoms with E-state index < -0.39 is 0 Å². The summed E-state index contributed by atoms with van der Waals surface area (Å²) >= 11 is 0. The van der Waals surface area contributed by atoms with Crippen LogP contribution in [0, 0.1) is 23.7 Å². The highest BCUT2D eigenvalue weighted by atomic mass is 16.5. The minimum absolute atomic E-state index is 0.867. The lowest BCUT2D eigenvalue weighted by Crippen LogP contribution is -1.99. The van der Waals surface area contributed by atoms with E-state index in [0.29, 0.717) is 0 Å². The van der Waals surface area contributed by atoms with Gasteiger partial charge in [0.1, 0.15) is 0 Å². The first kappa shape index (κ1) is 41.0. The largest absolute Gasteiger partial charge is 0.381 e. The van der Waals surface area contributed by atoms with Gasteiger partial charge in [-0.1, -0.05) is 196 Å². The minimum atomic E-state index is 0.867. The second-order valence-electron chi connectivity index (χ2n) is 15.1. The van der Waals surface area contributed by atoms with E-state index in [-0.39, 0.29) is 0 Å². The zero-order valence-corrected chi connectivity index (χ0v) is 29.9. The Morgan fingerprint density at radius 1 is 0.293 bits per heavy atom. The number of hydrogen-bond donors (Lipinski definition) is 0. The third-order valence-corrected chi connectivity index (χ3v) is 9.22. The first-order valence-electron chi connectivity index (χ1n) is 19.5. The van der Waals surface area contributed by atoms with Gasteiger partial charge in [-0.05, 0) is 49.4 Å². The third kappa shape index (κ3) is 36.1. The Hall–Kier alpha value is -0.0400. The van der Waals surface area contributed by atoms with Gasteiger partial charge in [0, 0.05) is 13.2 Å². The molecule has 248 valence electrons. The highest BCUT2D eigenvalue weighted by Crippen LogP contribution is 2.20. The molecule has 0 spiro atoms. The van der Waals surface area contributed by atoms with Gasteiger partial charge in [-0.3, -0.25) is 0 Å². The summed E-state index contributed by atoms with van der Waals surface area (Å²) in [5.41, 5.74) is 0. The molecule has 0 aromatic rings. The van der Waals surface area contributed by atoms with Gasteiger partial charge in [0.2, 0.25) is 0 Å². The molecule has 0 N–H and O–H groups in total. The van der Waals surface area contributed by atoms with E-state index in [4.69, 9.17) is 4.74 Å². The Bertz CT molecular complexity index is 427. The first-order chi connectivity index (χ1) is 19.9. The number of ether oxygens (including phenoxy) is 1. The monoisotopic (exact) mass is 579 g/mol. The van der Waals surface area contributed by atoms with E-state index in [1.165, 1.54) is 180 Å². The molecule has 0 aromatic carbocycles. The molecular weight excluding hydrogens is 496 g/mol. The van der Waals surface area contributed by atoms with Crippen molar-refractivity contribution in [2.45, 2.75) is 221 Å². The van der Waals surface area contributed by atoms with E-state index in [1.54, 1.807) is 0 Å². The van der Waals surface area contributed by atoms with Gasteiger partial charge in [-0.25, -0.2) is 0 Å². The molecule has 0 saturated heterocycles. The van der Waals surface area contributed by atoms with Crippen LogP contribution in [0.2, 0.25) is 0 Å². The summed E-state index contributed by atoms with van der Waals surface area (Å²) in [4.78, 5) is 0. The molecule has 41 heavy (non-hydrogen) atoms. The van der Waals surface area contributed by atoms with Crippen molar-refractivity contribution in [3.05, 3.63) is 0 Å². The Labute approximate surface area is 262 Å². The number of hydrogen-bond acceptors (Lipinski definition) is 1. The fourth-order valence-corrected chi connectivity index (χ4v) is 6.88. The lowest BCUT2D eigenvalue weighted by atomic mass is 9.93. The SMILES string of the molecule is CC(C)CC(C)CCCCCCCCCCCCCCOCCCCCCCCCCCCCCC(C)CC(C)C. The molecule has 1 nitrogen and oxygen atoms in total. The van der Waals surface area contributed by atoms with Crippen LogP contribution in [-0.2, 0) is 4.74 Å². The van der Waals surface area contributed by atoms with Crippen LogP contribution < -0.4 is 0 Å². The van der Waals surface area contributed by atoms with Crippen LogP contribution in [0.3, 0.4) is 0 Å². The average Bonchev–Trinajstić information content (AvgIpc) is 2.91. The van der Waals surface area contributed by atoms with E-state index >= 15 is 0 Å². The molecule has 0 rings (SSSR count). The van der Waals surface area contributed by atoms with Crippen LogP contribution in [0.25, 0.3) is 0 Å². The molecule has 0 amide bonds. The second kappa shape index (κ2) is 32.9. The van der Waals surface area contributed by atoms with Crippen molar-refractivity contribution in [3.8, 4) is 0 Å². The molecule has 2 atom stereocenters. The van der Waals surface area contributed by atoms with Crippen LogP contribution >= 0.6 is 0 Å². The molecule has 0 aliphatic rings. The molecule has 0 aliphatic carbocycles. The Kier molecular flexibility index (Phi) is 32.8. The van der Waals surface area contributed by atoms with Crippen molar-refractivity contribution in [1.29, 1.82) is 0 Å². The zero-order valence-electron chi connectivity index (χ0n) is 29.9. The Morgan fingerprint density at radius 2 is 0.512 bits per heavy atom. The Morgan fingerprint density at radius 3 is 0.756 bits per heavy atom. The fraction of sp³-hybridized carbons (Fsp3) is 1.00. The lowest BCUT2D eigenvalue weighted by molar-refractivity contribution is 0.125. The van der Waals surface area contributed by atoms with Gasteiger partial charge in [-0.2, -0.15) is 0 Å². The predicted octanol–water partition coefficient (Wildman–Crippen LogP) is 14.5. The number of unbranched alkanes of at least 4 members (excludes halogenated alkanes) is 22. The fourth-order valence-electron chi connectivity index (χ4n) is 6.88. The second-order valence-corrected chi connectivity index (χ2v) is 15.1. The summed E-state index contributed by atoms with van der Waals surface area (Å²) in [7, 11) is 0. The predicted molar refractivity (Wildman–Crippen MR) is 188 cm³/mol. The molecule has 0 saturated carbocycles. The summed E-state index contributed by atoms with van der Waals surface area (Å²) < 4.78 is 5.89. The summed E-state index contributed by atoms with van der Waals surface area (Å²) in [5.74, 6) is 3.59. The van der Waals surface area contributed by atoms with Crippen LogP contribution in [0.15, 0.2) is 0 Å². The summed E-state index contributed by atoms with van der Waals surface area (Å²) in [5, 5.41) is 0. The summed E-state index contributed by atoms with van der Waals surface area (Å²) in [6, 6.07) is 0. The van der Waals surface area contributed by atoms with Gasteiger partial charge < -0.3 is 4.74 Å². The van der Waals surface area contributed by atoms with Crippen LogP contribution in [0.1, 0.15) is 221 Å². The van der Waals surface area contributed by atoms with Crippen molar-refractivity contribution in [1.82, 2.24) is 0 Å². The maximum Gasteiger partial charge on any atom is 0.0466 e. The van der Waals surface area contributed by atoms with Gasteiger partial charge in [0.05, 0.1) is 0 Å². The van der Waals surface area contributed by atoms with Crippen molar-refractivity contribution in [2.24, 2.45) is 23.7 Å². The Balaban J connectivity index is 3.10. The maximum atomic E-state index is 5.89. The normalized spacial score (nSPS) is 13.5. The summed E-state index contributed by atoms with van der Waals surface area (Å²) in [6.45, 7) is 16.3. The van der Waals surface area contributed by atoms with E-state index in [0.717, 1.165) is 36.9 Å². The van der Waals surface area contributed by atoms with E-state index in [9.17, 15) is 0 Å². The van der Waals surface area contributed by atoms with Crippen LogP contribution in [-0.4, -0.2) is 13.2 Å². The molecule has 0 radical (unpaired) electrons. The quantitative estimate of drug-likeness (QED) is 0.0690. The van der Waals surface area contributed by atoms with Crippen LogP contribution in [0.4, 0.5) is 0 Å². The maximum absolute atomic E-state index is 5.89. The molecule has 0 heterocycles.